The summed E-state index contributed by atoms with van der Waals surface area (Å²) in [4.78, 5) is 20.7. The molecule has 0 aliphatic heterocycles. The number of aliphatic hydroxyl groups excluding tert-OH is 1. The molecule has 1 aromatic rings. The zero-order chi connectivity index (χ0) is 15.1. The van der Waals surface area contributed by atoms with Gasteiger partial charge < -0.3 is 15.3 Å². The number of rotatable bonds is 8. The maximum Gasteiger partial charge on any atom is 0.353 e. The lowest BCUT2D eigenvalue weighted by atomic mass is 10.2. The highest BCUT2D eigenvalue weighted by molar-refractivity contribution is 5.70. The second-order valence-electron chi connectivity index (χ2n) is 4.55. The summed E-state index contributed by atoms with van der Waals surface area (Å²) in [6.07, 6.45) is 1.84. The second-order valence-corrected chi connectivity index (χ2v) is 4.55. The summed E-state index contributed by atoms with van der Waals surface area (Å²) in [7, 11) is 0. The van der Waals surface area contributed by atoms with E-state index in [1.54, 1.807) is 4.90 Å². The molecule has 0 bridgehead atoms. The minimum Gasteiger partial charge on any atom is -0.396 e. The monoisotopic (exact) mass is 283 g/mol. The Morgan fingerprint density at radius 1 is 1.50 bits per heavy atom. The third kappa shape index (κ3) is 3.77. The summed E-state index contributed by atoms with van der Waals surface area (Å²) in [5.74, 6) is 0.501. The number of nitro groups is 1. The smallest absolute Gasteiger partial charge is 0.353 e. The lowest BCUT2D eigenvalue weighted by molar-refractivity contribution is -0.383. The van der Waals surface area contributed by atoms with E-state index in [2.05, 4.69) is 15.3 Å². The van der Waals surface area contributed by atoms with Gasteiger partial charge in [0, 0.05) is 25.7 Å². The first-order valence-electron chi connectivity index (χ1n) is 6.63. The quantitative estimate of drug-likeness (QED) is 0.549. The Morgan fingerprint density at radius 3 is 2.70 bits per heavy atom. The predicted octanol–water partition coefficient (Wildman–Crippen LogP) is 1.41. The number of aromatic nitrogens is 2. The van der Waals surface area contributed by atoms with Crippen LogP contribution < -0.4 is 10.2 Å². The zero-order valence-corrected chi connectivity index (χ0v) is 12.0. The van der Waals surface area contributed by atoms with E-state index in [0.717, 1.165) is 0 Å². The van der Waals surface area contributed by atoms with Gasteiger partial charge in [-0.25, -0.2) is 9.97 Å². The van der Waals surface area contributed by atoms with E-state index in [4.69, 9.17) is 5.11 Å². The maximum absolute atomic E-state index is 11.3. The minimum absolute atomic E-state index is 0.0299. The highest BCUT2D eigenvalue weighted by Gasteiger charge is 2.27. The van der Waals surface area contributed by atoms with Gasteiger partial charge in [-0.1, -0.05) is 0 Å². The van der Waals surface area contributed by atoms with Gasteiger partial charge in [0.1, 0.15) is 6.33 Å². The van der Waals surface area contributed by atoms with Crippen molar-refractivity contribution in [1.29, 1.82) is 0 Å². The molecule has 1 aromatic heterocycles. The zero-order valence-electron chi connectivity index (χ0n) is 12.0. The predicted molar refractivity (Wildman–Crippen MR) is 77.0 cm³/mol. The van der Waals surface area contributed by atoms with E-state index in [-0.39, 0.29) is 30.0 Å². The Balaban J connectivity index is 3.25. The van der Waals surface area contributed by atoms with Crippen molar-refractivity contribution in [1.82, 2.24) is 9.97 Å². The van der Waals surface area contributed by atoms with Crippen LogP contribution in [0.4, 0.5) is 17.3 Å². The van der Waals surface area contributed by atoms with E-state index < -0.39 is 4.92 Å². The normalized spacial score (nSPS) is 10.7. The first kappa shape index (κ1) is 16.1. The molecule has 0 unspecified atom stereocenters. The van der Waals surface area contributed by atoms with Gasteiger partial charge in [-0.3, -0.25) is 10.1 Å². The summed E-state index contributed by atoms with van der Waals surface area (Å²) >= 11 is 0. The third-order valence-corrected chi connectivity index (χ3v) is 2.78. The fourth-order valence-corrected chi connectivity index (χ4v) is 1.89. The van der Waals surface area contributed by atoms with Crippen LogP contribution in [0, 0.1) is 10.1 Å². The molecule has 112 valence electrons. The third-order valence-electron chi connectivity index (χ3n) is 2.78. The molecule has 0 saturated carbocycles. The number of aliphatic hydroxyl groups is 1. The maximum atomic E-state index is 11.3. The van der Waals surface area contributed by atoms with Crippen molar-refractivity contribution in [2.75, 3.05) is 29.9 Å². The van der Waals surface area contributed by atoms with Crippen LogP contribution in [0.1, 0.15) is 27.2 Å². The first-order chi connectivity index (χ1) is 9.52. The SMILES string of the molecule is CCNc1ncnc(N(CCCO)C(C)C)c1[N+](=O)[O-]. The highest BCUT2D eigenvalue weighted by Crippen LogP contribution is 2.32. The van der Waals surface area contributed by atoms with Gasteiger partial charge in [-0.15, -0.1) is 0 Å². The molecule has 0 aliphatic rings. The average Bonchev–Trinajstić information content (AvgIpc) is 2.39. The van der Waals surface area contributed by atoms with Gasteiger partial charge in [0.15, 0.2) is 0 Å². The van der Waals surface area contributed by atoms with Gasteiger partial charge in [0.25, 0.3) is 0 Å². The van der Waals surface area contributed by atoms with E-state index in [0.29, 0.717) is 19.5 Å². The Kier molecular flexibility index (Phi) is 6.10. The van der Waals surface area contributed by atoms with Crippen molar-refractivity contribution in [2.45, 2.75) is 33.2 Å². The van der Waals surface area contributed by atoms with Gasteiger partial charge >= 0.3 is 5.69 Å². The van der Waals surface area contributed by atoms with E-state index >= 15 is 0 Å². The number of hydrogen-bond donors (Lipinski definition) is 2. The van der Waals surface area contributed by atoms with Crippen LogP contribution in [0.15, 0.2) is 6.33 Å². The molecule has 8 heteroatoms. The first-order valence-corrected chi connectivity index (χ1v) is 6.63. The Labute approximate surface area is 118 Å². The van der Waals surface area contributed by atoms with Crippen LogP contribution in [0.25, 0.3) is 0 Å². The standard InChI is InChI=1S/C12H21N5O3/c1-4-13-11-10(17(19)20)12(15-8-14-11)16(9(2)3)6-5-7-18/h8-9,18H,4-7H2,1-3H3,(H,13,14,15). The molecule has 8 nitrogen and oxygen atoms in total. The van der Waals surface area contributed by atoms with Gasteiger partial charge in [0.05, 0.1) is 4.92 Å². The van der Waals surface area contributed by atoms with Crippen molar-refractivity contribution in [3.8, 4) is 0 Å². The van der Waals surface area contributed by atoms with E-state index in [1.807, 2.05) is 20.8 Å². The number of nitrogens with zero attached hydrogens (tertiary/aromatic N) is 4. The van der Waals surface area contributed by atoms with E-state index in [1.165, 1.54) is 6.33 Å². The van der Waals surface area contributed by atoms with Crippen LogP contribution in [0.5, 0.6) is 0 Å². The summed E-state index contributed by atoms with van der Waals surface area (Å²) in [5.41, 5.74) is -0.124. The molecule has 0 aliphatic carbocycles. The molecule has 0 atom stereocenters. The lowest BCUT2D eigenvalue weighted by Crippen LogP contribution is -2.33. The fraction of sp³-hybridized carbons (Fsp3) is 0.667. The molecule has 0 aromatic carbocycles. The van der Waals surface area contributed by atoms with Crippen LogP contribution in [0.3, 0.4) is 0 Å². The van der Waals surface area contributed by atoms with E-state index in [9.17, 15) is 10.1 Å². The van der Waals surface area contributed by atoms with Crippen LogP contribution >= 0.6 is 0 Å². The van der Waals surface area contributed by atoms with Gasteiger partial charge in [0.2, 0.25) is 11.6 Å². The Hall–Kier alpha value is -1.96. The summed E-state index contributed by atoms with van der Waals surface area (Å²) in [6.45, 7) is 6.76. The number of anilines is 2. The fourth-order valence-electron chi connectivity index (χ4n) is 1.89. The molecule has 0 fully saturated rings. The molecule has 1 rings (SSSR count). The van der Waals surface area contributed by atoms with Crippen LogP contribution in [-0.4, -0.2) is 45.7 Å². The van der Waals surface area contributed by atoms with Crippen molar-refractivity contribution >= 4 is 17.3 Å². The molecule has 1 heterocycles. The molecule has 2 N–H and O–H groups in total. The Morgan fingerprint density at radius 2 is 2.20 bits per heavy atom. The van der Waals surface area contributed by atoms with Crippen LogP contribution in [0.2, 0.25) is 0 Å². The van der Waals surface area contributed by atoms with Gasteiger partial charge in [-0.05, 0) is 27.2 Å². The Bertz CT molecular complexity index is 453. The molecule has 0 spiro atoms. The molecule has 0 saturated heterocycles. The van der Waals surface area contributed by atoms with Gasteiger partial charge in [-0.2, -0.15) is 0 Å². The van der Waals surface area contributed by atoms with Crippen molar-refractivity contribution < 1.29 is 10.0 Å². The summed E-state index contributed by atoms with van der Waals surface area (Å²) in [5, 5.41) is 23.2. The topological polar surface area (TPSA) is 104 Å². The number of nitrogens with one attached hydrogen (secondary N) is 1. The summed E-state index contributed by atoms with van der Waals surface area (Å²) < 4.78 is 0. The van der Waals surface area contributed by atoms with Crippen molar-refractivity contribution in [3.05, 3.63) is 16.4 Å². The van der Waals surface area contributed by atoms with Crippen LogP contribution in [-0.2, 0) is 0 Å². The highest BCUT2D eigenvalue weighted by atomic mass is 16.6. The van der Waals surface area contributed by atoms with Crippen molar-refractivity contribution in [2.24, 2.45) is 0 Å². The summed E-state index contributed by atoms with van der Waals surface area (Å²) in [6, 6.07) is 0.0321. The molecule has 0 amide bonds. The molecule has 0 radical (unpaired) electrons. The molecular formula is C12H21N5O3. The molecular weight excluding hydrogens is 262 g/mol. The largest absolute Gasteiger partial charge is 0.396 e. The second kappa shape index (κ2) is 7.59. The molecule has 20 heavy (non-hydrogen) atoms. The lowest BCUT2D eigenvalue weighted by Gasteiger charge is -2.27. The average molecular weight is 283 g/mol. The van der Waals surface area contributed by atoms with Crippen molar-refractivity contribution in [3.63, 3.8) is 0 Å². The minimum atomic E-state index is -0.471. The number of hydrogen-bond acceptors (Lipinski definition) is 7.